The van der Waals surface area contributed by atoms with E-state index < -0.39 is 0 Å². The number of aliphatic hydroxyl groups is 1. The average molecular weight is 166 g/mol. The van der Waals surface area contributed by atoms with Crippen LogP contribution in [0.3, 0.4) is 0 Å². The van der Waals surface area contributed by atoms with Crippen LogP contribution >= 0.6 is 11.8 Å². The van der Waals surface area contributed by atoms with E-state index in [1.54, 1.807) is 11.8 Å². The molecular weight excluding hydrogens is 156 g/mol. The van der Waals surface area contributed by atoms with E-state index in [1.165, 1.54) is 10.5 Å². The summed E-state index contributed by atoms with van der Waals surface area (Å²) in [7, 11) is 0. The molecule has 2 heteroatoms. The molecule has 1 atom stereocenters. The first-order valence-corrected chi connectivity index (χ1v) is 4.63. The van der Waals surface area contributed by atoms with Crippen LogP contribution in [-0.2, 0) is 6.42 Å². The van der Waals surface area contributed by atoms with Crippen molar-refractivity contribution in [3.8, 4) is 0 Å². The monoisotopic (exact) mass is 166 g/mol. The average Bonchev–Trinajstić information content (AvgIpc) is 2.46. The highest BCUT2D eigenvalue weighted by Gasteiger charge is 2.20. The molecule has 0 radical (unpaired) electrons. The third kappa shape index (κ3) is 1.28. The summed E-state index contributed by atoms with van der Waals surface area (Å²) in [6.45, 7) is 0.291. The molecule has 0 aliphatic carbocycles. The van der Waals surface area contributed by atoms with Gasteiger partial charge in [-0.05, 0) is 18.1 Å². The van der Waals surface area contributed by atoms with Gasteiger partial charge in [0.05, 0.1) is 6.61 Å². The van der Waals surface area contributed by atoms with Crippen molar-refractivity contribution >= 4 is 11.8 Å². The minimum Gasteiger partial charge on any atom is -0.395 e. The number of hydrogen-bond donors (Lipinski definition) is 1. The Kier molecular flexibility index (Phi) is 1.88. The van der Waals surface area contributed by atoms with Crippen LogP contribution in [-0.4, -0.2) is 17.0 Å². The maximum atomic E-state index is 8.92. The second-order valence-electron chi connectivity index (χ2n) is 2.73. The molecule has 1 aromatic rings. The van der Waals surface area contributed by atoms with Crippen molar-refractivity contribution in [3.05, 3.63) is 29.8 Å². The van der Waals surface area contributed by atoms with Gasteiger partial charge < -0.3 is 5.11 Å². The van der Waals surface area contributed by atoms with Crippen molar-refractivity contribution < 1.29 is 5.11 Å². The molecule has 0 fully saturated rings. The zero-order valence-electron chi connectivity index (χ0n) is 6.16. The summed E-state index contributed by atoms with van der Waals surface area (Å²) in [6.07, 6.45) is 1.03. The Morgan fingerprint density at radius 3 is 3.00 bits per heavy atom. The molecule has 11 heavy (non-hydrogen) atoms. The number of rotatable bonds is 1. The van der Waals surface area contributed by atoms with Crippen LogP contribution in [0.15, 0.2) is 29.2 Å². The number of hydrogen-bond acceptors (Lipinski definition) is 2. The van der Waals surface area contributed by atoms with Crippen molar-refractivity contribution in [2.45, 2.75) is 16.6 Å². The largest absolute Gasteiger partial charge is 0.395 e. The number of fused-ring (bicyclic) bond motifs is 1. The van der Waals surface area contributed by atoms with E-state index in [-0.39, 0.29) is 0 Å². The van der Waals surface area contributed by atoms with E-state index in [9.17, 15) is 0 Å². The van der Waals surface area contributed by atoms with Crippen LogP contribution in [0, 0.1) is 0 Å². The molecule has 0 amide bonds. The summed E-state index contributed by atoms with van der Waals surface area (Å²) < 4.78 is 0. The number of aliphatic hydroxyl groups excluding tert-OH is 1. The molecule has 1 nitrogen and oxygen atoms in total. The van der Waals surface area contributed by atoms with Gasteiger partial charge in [-0.25, -0.2) is 0 Å². The topological polar surface area (TPSA) is 20.2 Å². The quantitative estimate of drug-likeness (QED) is 0.685. The van der Waals surface area contributed by atoms with Crippen molar-refractivity contribution in [2.75, 3.05) is 6.61 Å². The molecule has 0 bridgehead atoms. The predicted octanol–water partition coefficient (Wildman–Crippen LogP) is 1.70. The SMILES string of the molecule is OCC1Cc2ccccc2S1. The highest BCUT2D eigenvalue weighted by molar-refractivity contribution is 8.00. The first kappa shape index (κ1) is 7.19. The molecule has 0 saturated carbocycles. The van der Waals surface area contributed by atoms with Gasteiger partial charge in [0, 0.05) is 10.1 Å². The highest BCUT2D eigenvalue weighted by Crippen LogP contribution is 2.36. The Labute approximate surface area is 70.4 Å². The Morgan fingerprint density at radius 2 is 2.27 bits per heavy atom. The third-order valence-corrected chi connectivity index (χ3v) is 3.22. The van der Waals surface area contributed by atoms with Gasteiger partial charge >= 0.3 is 0 Å². The zero-order chi connectivity index (χ0) is 7.68. The second-order valence-corrected chi connectivity index (χ2v) is 4.08. The Bertz CT molecular complexity index is 234. The van der Waals surface area contributed by atoms with Gasteiger partial charge in [-0.1, -0.05) is 18.2 Å². The highest BCUT2D eigenvalue weighted by atomic mass is 32.2. The van der Waals surface area contributed by atoms with Crippen molar-refractivity contribution in [3.63, 3.8) is 0 Å². The fraction of sp³-hybridized carbons (Fsp3) is 0.333. The summed E-state index contributed by atoms with van der Waals surface area (Å²) in [6, 6.07) is 8.36. The summed E-state index contributed by atoms with van der Waals surface area (Å²) in [5, 5.41) is 9.31. The standard InChI is InChI=1S/C9H10OS/c10-6-8-5-7-3-1-2-4-9(7)11-8/h1-4,8,10H,5-6H2. The Hall–Kier alpha value is -0.470. The van der Waals surface area contributed by atoms with E-state index in [4.69, 9.17) is 5.11 Å². The van der Waals surface area contributed by atoms with E-state index in [2.05, 4.69) is 18.2 Å². The van der Waals surface area contributed by atoms with E-state index in [0.717, 1.165) is 6.42 Å². The first-order chi connectivity index (χ1) is 5.40. The molecule has 58 valence electrons. The van der Waals surface area contributed by atoms with Crippen LogP contribution < -0.4 is 0 Å². The van der Waals surface area contributed by atoms with E-state index in [0.29, 0.717) is 11.9 Å². The maximum Gasteiger partial charge on any atom is 0.0556 e. The third-order valence-electron chi connectivity index (χ3n) is 1.92. The second kappa shape index (κ2) is 2.88. The van der Waals surface area contributed by atoms with Crippen LogP contribution in [0.4, 0.5) is 0 Å². The molecule has 1 aliphatic rings. The van der Waals surface area contributed by atoms with Gasteiger partial charge in [0.15, 0.2) is 0 Å². The number of benzene rings is 1. The molecule has 0 aromatic heterocycles. The van der Waals surface area contributed by atoms with Crippen molar-refractivity contribution in [2.24, 2.45) is 0 Å². The summed E-state index contributed by atoms with van der Waals surface area (Å²) >= 11 is 1.79. The summed E-state index contributed by atoms with van der Waals surface area (Å²) in [5.41, 5.74) is 1.39. The fourth-order valence-corrected chi connectivity index (χ4v) is 2.51. The van der Waals surface area contributed by atoms with Crippen molar-refractivity contribution in [1.82, 2.24) is 0 Å². The predicted molar refractivity (Wildman–Crippen MR) is 46.9 cm³/mol. The lowest BCUT2D eigenvalue weighted by Crippen LogP contribution is -2.05. The minimum absolute atomic E-state index is 0.291. The molecule has 1 aromatic carbocycles. The fourth-order valence-electron chi connectivity index (χ4n) is 1.36. The van der Waals surface area contributed by atoms with E-state index >= 15 is 0 Å². The van der Waals surface area contributed by atoms with Gasteiger partial charge in [0.1, 0.15) is 0 Å². The van der Waals surface area contributed by atoms with Gasteiger partial charge in [0.25, 0.3) is 0 Å². The number of thioether (sulfide) groups is 1. The van der Waals surface area contributed by atoms with Gasteiger partial charge in [0.2, 0.25) is 0 Å². The van der Waals surface area contributed by atoms with Crippen molar-refractivity contribution in [1.29, 1.82) is 0 Å². The lowest BCUT2D eigenvalue weighted by molar-refractivity contribution is 0.295. The van der Waals surface area contributed by atoms with Crippen LogP contribution in [0.25, 0.3) is 0 Å². The van der Waals surface area contributed by atoms with Gasteiger partial charge in [-0.3, -0.25) is 0 Å². The molecule has 0 saturated heterocycles. The zero-order valence-corrected chi connectivity index (χ0v) is 6.97. The van der Waals surface area contributed by atoms with Crippen LogP contribution in [0.1, 0.15) is 5.56 Å². The maximum absolute atomic E-state index is 8.92. The van der Waals surface area contributed by atoms with Gasteiger partial charge in [-0.15, -0.1) is 11.8 Å². The summed E-state index contributed by atoms with van der Waals surface area (Å²) in [5.74, 6) is 0. The Balaban J connectivity index is 2.27. The lowest BCUT2D eigenvalue weighted by atomic mass is 10.1. The molecule has 1 aliphatic heterocycles. The smallest absolute Gasteiger partial charge is 0.0556 e. The van der Waals surface area contributed by atoms with Crippen LogP contribution in [0.2, 0.25) is 0 Å². The first-order valence-electron chi connectivity index (χ1n) is 3.75. The molecule has 1 heterocycles. The molecule has 0 spiro atoms. The van der Waals surface area contributed by atoms with E-state index in [1.807, 2.05) is 6.07 Å². The minimum atomic E-state index is 0.291. The van der Waals surface area contributed by atoms with Gasteiger partial charge in [-0.2, -0.15) is 0 Å². The lowest BCUT2D eigenvalue weighted by Gasteiger charge is -1.99. The normalized spacial score (nSPS) is 21.7. The molecule has 1 unspecified atom stereocenters. The summed E-state index contributed by atoms with van der Waals surface area (Å²) in [4.78, 5) is 1.34. The molecule has 1 N–H and O–H groups in total. The molecule has 2 rings (SSSR count). The Morgan fingerprint density at radius 1 is 1.45 bits per heavy atom. The van der Waals surface area contributed by atoms with Crippen LogP contribution in [0.5, 0.6) is 0 Å². The molecular formula is C9H10OS.